The maximum Gasteiger partial charge on any atom is 0.290 e. The van der Waals surface area contributed by atoms with Crippen LogP contribution in [0.25, 0.3) is 0 Å². The molecule has 0 N–H and O–H groups in total. The average molecular weight is 342 g/mol. The Morgan fingerprint density at radius 2 is 2.04 bits per heavy atom. The summed E-state index contributed by atoms with van der Waals surface area (Å²) in [5, 5.41) is 0. The summed E-state index contributed by atoms with van der Waals surface area (Å²) in [5.41, 5.74) is 0. The number of hydrogen-bond acceptors (Lipinski definition) is 4. The summed E-state index contributed by atoms with van der Waals surface area (Å²) in [7, 11) is 1.87. The van der Waals surface area contributed by atoms with Crippen LogP contribution in [-0.2, 0) is 0 Å². The third-order valence-electron chi connectivity index (χ3n) is 4.96. The third-order valence-corrected chi connectivity index (χ3v) is 4.96. The lowest BCUT2D eigenvalue weighted by Gasteiger charge is -2.40. The molecule has 1 amide bonds. The lowest BCUT2D eigenvalue weighted by Crippen LogP contribution is -2.50. The molecule has 2 heterocycles. The van der Waals surface area contributed by atoms with Crippen LogP contribution in [0.3, 0.4) is 0 Å². The normalized spacial score (nSPS) is 21.1. The van der Waals surface area contributed by atoms with Gasteiger partial charge in [0.2, 0.25) is 0 Å². The molecule has 0 radical (unpaired) electrons. The van der Waals surface area contributed by atoms with Crippen molar-refractivity contribution < 1.29 is 13.9 Å². The van der Waals surface area contributed by atoms with E-state index in [1.54, 1.807) is 12.1 Å². The number of benzene rings is 1. The molecule has 1 aromatic heterocycles. The smallest absolute Gasteiger partial charge is 0.290 e. The van der Waals surface area contributed by atoms with E-state index in [2.05, 4.69) is 18.7 Å². The van der Waals surface area contributed by atoms with Gasteiger partial charge in [-0.15, -0.1) is 0 Å². The van der Waals surface area contributed by atoms with Crippen LogP contribution in [0.4, 0.5) is 0 Å². The van der Waals surface area contributed by atoms with Crippen LogP contribution in [0.5, 0.6) is 11.7 Å². The molecule has 1 fully saturated rings. The van der Waals surface area contributed by atoms with Crippen molar-refractivity contribution in [3.8, 4) is 11.7 Å². The number of amides is 1. The van der Waals surface area contributed by atoms with E-state index in [0.29, 0.717) is 23.4 Å². The lowest BCUT2D eigenvalue weighted by atomic mass is 9.92. The SMILES string of the molecule is CCN1CC[C@@H](N(C)C(=O)c2ccc(Oc3ccccc3)o2)[C@H](C)C1. The maximum absolute atomic E-state index is 12.8. The molecule has 1 aromatic carbocycles. The topological polar surface area (TPSA) is 45.9 Å². The van der Waals surface area contributed by atoms with Gasteiger partial charge in [0.05, 0.1) is 0 Å². The number of carbonyl (C=O) groups excluding carboxylic acids is 1. The van der Waals surface area contributed by atoms with Crippen molar-refractivity contribution in [2.45, 2.75) is 26.3 Å². The Kier molecular flexibility index (Phi) is 5.43. The van der Waals surface area contributed by atoms with Gasteiger partial charge in [0.1, 0.15) is 5.75 Å². The zero-order valence-electron chi connectivity index (χ0n) is 15.1. The number of piperidine rings is 1. The van der Waals surface area contributed by atoms with E-state index in [4.69, 9.17) is 9.15 Å². The molecule has 5 nitrogen and oxygen atoms in total. The van der Waals surface area contributed by atoms with Crippen molar-refractivity contribution in [1.29, 1.82) is 0 Å². The van der Waals surface area contributed by atoms with Gasteiger partial charge in [0, 0.05) is 32.2 Å². The zero-order valence-corrected chi connectivity index (χ0v) is 15.1. The van der Waals surface area contributed by atoms with E-state index >= 15 is 0 Å². The first-order valence-corrected chi connectivity index (χ1v) is 8.90. The van der Waals surface area contributed by atoms with Gasteiger partial charge >= 0.3 is 0 Å². The molecule has 134 valence electrons. The van der Waals surface area contributed by atoms with Crippen LogP contribution in [0.15, 0.2) is 46.9 Å². The highest BCUT2D eigenvalue weighted by molar-refractivity contribution is 5.91. The Morgan fingerprint density at radius 3 is 2.72 bits per heavy atom. The van der Waals surface area contributed by atoms with Crippen molar-refractivity contribution in [2.75, 3.05) is 26.7 Å². The first-order chi connectivity index (χ1) is 12.1. The molecule has 0 bridgehead atoms. The molecule has 0 unspecified atom stereocenters. The summed E-state index contributed by atoms with van der Waals surface area (Å²) in [4.78, 5) is 17.0. The Labute approximate surface area is 149 Å². The van der Waals surface area contributed by atoms with Crippen molar-refractivity contribution in [1.82, 2.24) is 9.80 Å². The molecule has 3 rings (SSSR count). The minimum atomic E-state index is -0.0929. The predicted molar refractivity (Wildman–Crippen MR) is 97.0 cm³/mol. The third kappa shape index (κ3) is 4.04. The summed E-state index contributed by atoms with van der Waals surface area (Å²) < 4.78 is 11.3. The fourth-order valence-corrected chi connectivity index (χ4v) is 3.50. The molecule has 0 spiro atoms. The van der Waals surface area contributed by atoms with Gasteiger partial charge in [-0.3, -0.25) is 4.79 Å². The molecule has 0 aliphatic carbocycles. The van der Waals surface area contributed by atoms with Crippen molar-refractivity contribution in [3.63, 3.8) is 0 Å². The van der Waals surface area contributed by atoms with Crippen LogP contribution < -0.4 is 4.74 Å². The first kappa shape index (κ1) is 17.5. The molecule has 2 atom stereocenters. The minimum absolute atomic E-state index is 0.0929. The second-order valence-corrected chi connectivity index (χ2v) is 6.68. The number of carbonyl (C=O) groups is 1. The van der Waals surface area contributed by atoms with Gasteiger partial charge in [0.15, 0.2) is 5.76 Å². The van der Waals surface area contributed by atoms with Gasteiger partial charge in [-0.25, -0.2) is 0 Å². The van der Waals surface area contributed by atoms with Crippen LogP contribution in [-0.4, -0.2) is 48.4 Å². The van der Waals surface area contributed by atoms with E-state index in [1.165, 1.54) is 0 Å². The summed E-state index contributed by atoms with van der Waals surface area (Å²) in [5.74, 6) is 1.68. The van der Waals surface area contributed by atoms with Crippen LogP contribution in [0.1, 0.15) is 30.8 Å². The Morgan fingerprint density at radius 1 is 1.28 bits per heavy atom. The number of likely N-dealkylation sites (tertiary alicyclic amines) is 1. The lowest BCUT2D eigenvalue weighted by molar-refractivity contribution is 0.0489. The number of ether oxygens (including phenoxy) is 1. The van der Waals surface area contributed by atoms with E-state index in [1.807, 2.05) is 42.3 Å². The molecular formula is C20H26N2O3. The van der Waals surface area contributed by atoms with Crippen molar-refractivity contribution in [2.24, 2.45) is 5.92 Å². The maximum atomic E-state index is 12.8. The Balaban J connectivity index is 1.65. The summed E-state index contributed by atoms with van der Waals surface area (Å²) in [6.45, 7) is 7.51. The highest BCUT2D eigenvalue weighted by Crippen LogP contribution is 2.26. The molecule has 5 heteroatoms. The van der Waals surface area contributed by atoms with Gasteiger partial charge in [-0.1, -0.05) is 32.0 Å². The van der Waals surface area contributed by atoms with E-state index < -0.39 is 0 Å². The monoisotopic (exact) mass is 342 g/mol. The van der Waals surface area contributed by atoms with Gasteiger partial charge in [-0.2, -0.15) is 0 Å². The van der Waals surface area contributed by atoms with Crippen LogP contribution >= 0.6 is 0 Å². The number of hydrogen-bond donors (Lipinski definition) is 0. The number of furan rings is 1. The van der Waals surface area contributed by atoms with Crippen molar-refractivity contribution >= 4 is 5.91 Å². The zero-order chi connectivity index (χ0) is 17.8. The van der Waals surface area contributed by atoms with Gasteiger partial charge in [0.25, 0.3) is 11.9 Å². The van der Waals surface area contributed by atoms with Crippen molar-refractivity contribution in [3.05, 3.63) is 48.2 Å². The Hall–Kier alpha value is -2.27. The van der Waals surface area contributed by atoms with Gasteiger partial charge in [-0.05, 0) is 37.1 Å². The average Bonchev–Trinajstić information content (AvgIpc) is 3.09. The standard InChI is InChI=1S/C20H26N2O3/c1-4-22-13-12-17(15(2)14-22)21(3)20(23)18-10-11-19(25-18)24-16-8-6-5-7-9-16/h5-11,15,17H,4,12-14H2,1-3H3/t15-,17-/m1/s1. The van der Waals surface area contributed by atoms with Crippen LogP contribution in [0.2, 0.25) is 0 Å². The Bertz CT molecular complexity index is 698. The minimum Gasteiger partial charge on any atom is -0.426 e. The predicted octanol–water partition coefficient (Wildman–Crippen LogP) is 3.87. The molecule has 1 aliphatic heterocycles. The number of nitrogens with zero attached hydrogens (tertiary/aromatic N) is 2. The highest BCUT2D eigenvalue weighted by atomic mass is 16.6. The highest BCUT2D eigenvalue weighted by Gasteiger charge is 2.32. The summed E-state index contributed by atoms with van der Waals surface area (Å²) in [6, 6.07) is 13.0. The molecule has 1 aliphatic rings. The molecule has 25 heavy (non-hydrogen) atoms. The quantitative estimate of drug-likeness (QED) is 0.827. The van der Waals surface area contributed by atoms with E-state index in [0.717, 1.165) is 26.1 Å². The first-order valence-electron chi connectivity index (χ1n) is 8.90. The largest absolute Gasteiger partial charge is 0.426 e. The van der Waals surface area contributed by atoms with Crippen LogP contribution in [0, 0.1) is 5.92 Å². The van der Waals surface area contributed by atoms with E-state index in [9.17, 15) is 4.79 Å². The second kappa shape index (κ2) is 7.74. The molecular weight excluding hydrogens is 316 g/mol. The van der Waals surface area contributed by atoms with Gasteiger partial charge < -0.3 is 19.0 Å². The number of rotatable bonds is 5. The summed E-state index contributed by atoms with van der Waals surface area (Å²) >= 11 is 0. The second-order valence-electron chi connectivity index (χ2n) is 6.68. The molecule has 1 saturated heterocycles. The summed E-state index contributed by atoms with van der Waals surface area (Å²) in [6.07, 6.45) is 0.991. The fourth-order valence-electron chi connectivity index (χ4n) is 3.50. The van der Waals surface area contributed by atoms with E-state index in [-0.39, 0.29) is 11.9 Å². The molecule has 0 saturated carbocycles. The molecule has 2 aromatic rings. The fraction of sp³-hybridized carbons (Fsp3) is 0.450. The number of para-hydroxylation sites is 1.